The van der Waals surface area contributed by atoms with Crippen molar-refractivity contribution in [3.8, 4) is 0 Å². The van der Waals surface area contributed by atoms with Gasteiger partial charge in [0, 0.05) is 12.6 Å². The molecule has 1 saturated heterocycles. The molecule has 1 aromatic rings. The van der Waals surface area contributed by atoms with E-state index >= 15 is 0 Å². The van der Waals surface area contributed by atoms with Gasteiger partial charge in [0.1, 0.15) is 5.15 Å². The highest BCUT2D eigenvalue weighted by Crippen LogP contribution is 2.21. The second kappa shape index (κ2) is 5.02. The Morgan fingerprint density at radius 3 is 3.06 bits per heavy atom. The molecule has 2 unspecified atom stereocenters. The van der Waals surface area contributed by atoms with Crippen molar-refractivity contribution in [3.05, 3.63) is 23.0 Å². The lowest BCUT2D eigenvalue weighted by atomic mass is 10.0. The van der Waals surface area contributed by atoms with Crippen LogP contribution in [0.5, 0.6) is 0 Å². The molecule has 16 heavy (non-hydrogen) atoms. The van der Waals surface area contributed by atoms with Crippen LogP contribution in [0.15, 0.2) is 12.3 Å². The third-order valence-electron chi connectivity index (χ3n) is 2.87. The predicted octanol–water partition coefficient (Wildman–Crippen LogP) is 3.02. The van der Waals surface area contributed by atoms with E-state index in [2.05, 4.69) is 17.2 Å². The number of ether oxygens (including phenoxy) is 1. The Morgan fingerprint density at radius 2 is 2.38 bits per heavy atom. The Kier molecular flexibility index (Phi) is 3.66. The number of anilines is 1. The molecule has 1 aliphatic rings. The zero-order valence-electron chi connectivity index (χ0n) is 9.66. The van der Waals surface area contributed by atoms with Crippen molar-refractivity contribution in [3.63, 3.8) is 0 Å². The van der Waals surface area contributed by atoms with Gasteiger partial charge in [-0.3, -0.25) is 0 Å². The van der Waals surface area contributed by atoms with Crippen LogP contribution >= 0.6 is 11.6 Å². The Bertz CT molecular complexity index is 370. The zero-order chi connectivity index (χ0) is 11.5. The molecule has 0 radical (unpaired) electrons. The predicted molar refractivity (Wildman–Crippen MR) is 66.0 cm³/mol. The van der Waals surface area contributed by atoms with Crippen LogP contribution in [0.3, 0.4) is 0 Å². The molecule has 1 aliphatic heterocycles. The summed E-state index contributed by atoms with van der Waals surface area (Å²) in [7, 11) is 0. The van der Waals surface area contributed by atoms with Crippen LogP contribution in [-0.4, -0.2) is 23.7 Å². The van der Waals surface area contributed by atoms with Gasteiger partial charge in [0.25, 0.3) is 0 Å². The highest BCUT2D eigenvalue weighted by molar-refractivity contribution is 6.30. The molecule has 1 fully saturated rings. The molecule has 2 rings (SSSR count). The Labute approximate surface area is 101 Å². The first-order valence-corrected chi connectivity index (χ1v) is 6.03. The maximum atomic E-state index is 5.89. The number of pyridine rings is 1. The summed E-state index contributed by atoms with van der Waals surface area (Å²) in [6, 6.07) is 2.52. The molecule has 0 aromatic carbocycles. The summed E-state index contributed by atoms with van der Waals surface area (Å²) in [5, 5.41) is 4.05. The molecule has 88 valence electrons. The minimum atomic E-state index is 0.340. The molecular weight excluding hydrogens is 224 g/mol. The van der Waals surface area contributed by atoms with Crippen molar-refractivity contribution in [1.82, 2.24) is 4.98 Å². The largest absolute Gasteiger partial charge is 0.381 e. The smallest absolute Gasteiger partial charge is 0.132 e. The van der Waals surface area contributed by atoms with Crippen molar-refractivity contribution in [2.24, 2.45) is 0 Å². The molecule has 1 N–H and O–H groups in total. The van der Waals surface area contributed by atoms with Crippen LogP contribution in [0.25, 0.3) is 0 Å². The molecule has 4 heteroatoms. The maximum absolute atomic E-state index is 5.89. The summed E-state index contributed by atoms with van der Waals surface area (Å²) in [5.74, 6) is 0. The van der Waals surface area contributed by atoms with Gasteiger partial charge in [0.05, 0.1) is 18.0 Å². The number of nitrogens with one attached hydrogen (secondary N) is 1. The third-order valence-corrected chi connectivity index (χ3v) is 3.27. The Morgan fingerprint density at radius 1 is 1.56 bits per heavy atom. The van der Waals surface area contributed by atoms with Gasteiger partial charge in [-0.2, -0.15) is 0 Å². The third kappa shape index (κ3) is 2.86. The quantitative estimate of drug-likeness (QED) is 0.807. The summed E-state index contributed by atoms with van der Waals surface area (Å²) >= 11 is 5.89. The molecular formula is C12H17ClN2O. The summed E-state index contributed by atoms with van der Waals surface area (Å²) in [4.78, 5) is 4.13. The number of hydrogen-bond acceptors (Lipinski definition) is 3. The second-order valence-electron chi connectivity index (χ2n) is 4.38. The monoisotopic (exact) mass is 240 g/mol. The summed E-state index contributed by atoms with van der Waals surface area (Å²) in [6.45, 7) is 4.91. The van der Waals surface area contributed by atoms with Crippen LogP contribution < -0.4 is 5.32 Å². The molecule has 2 atom stereocenters. The van der Waals surface area contributed by atoms with Gasteiger partial charge in [0.15, 0.2) is 0 Å². The first kappa shape index (κ1) is 11.7. The number of hydrogen-bond donors (Lipinski definition) is 1. The van der Waals surface area contributed by atoms with Gasteiger partial charge in [-0.25, -0.2) is 4.98 Å². The van der Waals surface area contributed by atoms with Crippen LogP contribution in [0, 0.1) is 6.92 Å². The number of aryl methyl sites for hydroxylation is 1. The van der Waals surface area contributed by atoms with Gasteiger partial charge in [0.2, 0.25) is 0 Å². The lowest BCUT2D eigenvalue weighted by Gasteiger charge is -2.28. The highest BCUT2D eigenvalue weighted by Gasteiger charge is 2.19. The van der Waals surface area contributed by atoms with E-state index in [1.54, 1.807) is 6.20 Å². The molecule has 1 aromatic heterocycles. The van der Waals surface area contributed by atoms with E-state index in [-0.39, 0.29) is 0 Å². The normalized spacial score (nSPS) is 25.4. The van der Waals surface area contributed by atoms with Crippen molar-refractivity contribution in [1.29, 1.82) is 0 Å². The van der Waals surface area contributed by atoms with Gasteiger partial charge in [-0.05, 0) is 38.3 Å². The van der Waals surface area contributed by atoms with E-state index in [0.717, 1.165) is 30.7 Å². The van der Waals surface area contributed by atoms with Crippen LogP contribution in [-0.2, 0) is 4.74 Å². The average molecular weight is 241 g/mol. The van der Waals surface area contributed by atoms with Gasteiger partial charge < -0.3 is 10.1 Å². The van der Waals surface area contributed by atoms with E-state index in [1.165, 1.54) is 0 Å². The van der Waals surface area contributed by atoms with Crippen LogP contribution in [0.1, 0.15) is 25.3 Å². The summed E-state index contributed by atoms with van der Waals surface area (Å²) in [5.41, 5.74) is 2.05. The SMILES string of the molecule is Cc1cc(NC2CCOC(C)C2)cnc1Cl. The van der Waals surface area contributed by atoms with E-state index in [9.17, 15) is 0 Å². The lowest BCUT2D eigenvalue weighted by molar-refractivity contribution is 0.0232. The van der Waals surface area contributed by atoms with E-state index in [0.29, 0.717) is 17.3 Å². The maximum Gasteiger partial charge on any atom is 0.132 e. The fraction of sp³-hybridized carbons (Fsp3) is 0.583. The number of halogens is 1. The van der Waals surface area contributed by atoms with Crippen LogP contribution in [0.4, 0.5) is 5.69 Å². The van der Waals surface area contributed by atoms with Crippen molar-refractivity contribution in [2.75, 3.05) is 11.9 Å². The lowest BCUT2D eigenvalue weighted by Crippen LogP contribution is -2.32. The average Bonchev–Trinajstić information content (AvgIpc) is 2.24. The fourth-order valence-corrected chi connectivity index (χ4v) is 2.11. The number of nitrogens with zero attached hydrogens (tertiary/aromatic N) is 1. The first-order chi connectivity index (χ1) is 7.65. The molecule has 3 nitrogen and oxygen atoms in total. The van der Waals surface area contributed by atoms with Crippen molar-refractivity contribution in [2.45, 2.75) is 38.8 Å². The molecule has 0 aliphatic carbocycles. The summed E-state index contributed by atoms with van der Waals surface area (Å²) in [6.07, 6.45) is 4.22. The van der Waals surface area contributed by atoms with Gasteiger partial charge >= 0.3 is 0 Å². The molecule has 0 bridgehead atoms. The Balaban J connectivity index is 2.00. The highest BCUT2D eigenvalue weighted by atomic mass is 35.5. The summed E-state index contributed by atoms with van der Waals surface area (Å²) < 4.78 is 5.51. The molecule has 0 spiro atoms. The topological polar surface area (TPSA) is 34.1 Å². The van der Waals surface area contributed by atoms with E-state index < -0.39 is 0 Å². The first-order valence-electron chi connectivity index (χ1n) is 5.65. The van der Waals surface area contributed by atoms with E-state index in [1.807, 2.05) is 13.0 Å². The van der Waals surface area contributed by atoms with Crippen LogP contribution in [0.2, 0.25) is 5.15 Å². The minimum absolute atomic E-state index is 0.340. The van der Waals surface area contributed by atoms with Crippen molar-refractivity contribution >= 4 is 17.3 Å². The minimum Gasteiger partial charge on any atom is -0.381 e. The number of aromatic nitrogens is 1. The zero-order valence-corrected chi connectivity index (χ0v) is 10.4. The molecule has 0 amide bonds. The fourth-order valence-electron chi connectivity index (χ4n) is 2.00. The molecule has 2 heterocycles. The van der Waals surface area contributed by atoms with E-state index in [4.69, 9.17) is 16.3 Å². The van der Waals surface area contributed by atoms with Gasteiger partial charge in [-0.15, -0.1) is 0 Å². The molecule has 0 saturated carbocycles. The number of rotatable bonds is 2. The van der Waals surface area contributed by atoms with Crippen molar-refractivity contribution < 1.29 is 4.74 Å². The standard InChI is InChI=1S/C12H17ClN2O/c1-8-5-11(7-14-12(8)13)15-10-3-4-16-9(2)6-10/h5,7,9-10,15H,3-4,6H2,1-2H3. The van der Waals surface area contributed by atoms with Gasteiger partial charge in [-0.1, -0.05) is 11.6 Å². The Hall–Kier alpha value is -0.800. The second-order valence-corrected chi connectivity index (χ2v) is 4.74.